The molecule has 0 radical (unpaired) electrons. The molecule has 1 aromatic carbocycles. The van der Waals surface area contributed by atoms with Gasteiger partial charge in [-0.3, -0.25) is 4.79 Å². The number of hydrogen-bond donors (Lipinski definition) is 0. The second-order valence-electron chi connectivity index (χ2n) is 4.58. The fraction of sp³-hybridized carbons (Fsp3) is 0.286. The van der Waals surface area contributed by atoms with Crippen molar-refractivity contribution in [2.24, 2.45) is 7.05 Å². The van der Waals surface area contributed by atoms with E-state index in [4.69, 9.17) is 5.26 Å². The largest absolute Gasteiger partial charge is 0.310 e. The molecule has 1 heterocycles. The van der Waals surface area contributed by atoms with Gasteiger partial charge >= 0.3 is 0 Å². The molecule has 0 unspecified atom stereocenters. The van der Waals surface area contributed by atoms with Crippen LogP contribution in [-0.4, -0.2) is 4.57 Å². The van der Waals surface area contributed by atoms with Crippen LogP contribution in [0.25, 0.3) is 10.9 Å². The second-order valence-corrected chi connectivity index (χ2v) is 4.58. The number of rotatable bonds is 1. The van der Waals surface area contributed by atoms with Gasteiger partial charge in [0, 0.05) is 12.4 Å². The highest BCUT2D eigenvalue weighted by atomic mass is 19.1. The third-order valence-electron chi connectivity index (χ3n) is 3.09. The van der Waals surface area contributed by atoms with E-state index in [1.807, 2.05) is 19.9 Å². The molecule has 3 nitrogen and oxygen atoms in total. The van der Waals surface area contributed by atoms with E-state index in [1.165, 1.54) is 16.7 Å². The first kappa shape index (κ1) is 12.3. The summed E-state index contributed by atoms with van der Waals surface area (Å²) in [6.45, 7) is 3.78. The number of aryl methyl sites for hydroxylation is 1. The van der Waals surface area contributed by atoms with Crippen molar-refractivity contribution in [1.29, 1.82) is 5.26 Å². The quantitative estimate of drug-likeness (QED) is 0.774. The van der Waals surface area contributed by atoms with E-state index in [0.717, 1.165) is 0 Å². The molecule has 0 N–H and O–H groups in total. The molecule has 18 heavy (non-hydrogen) atoms. The molecule has 0 fully saturated rings. The summed E-state index contributed by atoms with van der Waals surface area (Å²) in [7, 11) is 1.59. The molecule has 92 valence electrons. The van der Waals surface area contributed by atoms with Crippen molar-refractivity contribution in [1.82, 2.24) is 4.57 Å². The summed E-state index contributed by atoms with van der Waals surface area (Å²) in [5.74, 6) is -0.384. The molecular formula is C14H13FN2O. The Morgan fingerprint density at radius 3 is 2.61 bits per heavy atom. The van der Waals surface area contributed by atoms with Crippen LogP contribution in [0.2, 0.25) is 0 Å². The van der Waals surface area contributed by atoms with Crippen LogP contribution in [0, 0.1) is 17.1 Å². The van der Waals surface area contributed by atoms with Gasteiger partial charge in [-0.15, -0.1) is 0 Å². The first-order valence-corrected chi connectivity index (χ1v) is 5.69. The zero-order chi connectivity index (χ0) is 13.4. The Balaban J connectivity index is 3.10. The first-order valence-electron chi connectivity index (χ1n) is 5.69. The van der Waals surface area contributed by atoms with E-state index in [-0.39, 0.29) is 22.9 Å². The predicted molar refractivity (Wildman–Crippen MR) is 68.0 cm³/mol. The zero-order valence-corrected chi connectivity index (χ0v) is 10.5. The van der Waals surface area contributed by atoms with Gasteiger partial charge in [-0.05, 0) is 29.7 Å². The summed E-state index contributed by atoms with van der Waals surface area (Å²) < 4.78 is 14.8. The van der Waals surface area contributed by atoms with Gasteiger partial charge in [0.15, 0.2) is 0 Å². The fourth-order valence-electron chi connectivity index (χ4n) is 2.25. The van der Waals surface area contributed by atoms with E-state index in [1.54, 1.807) is 13.1 Å². The van der Waals surface area contributed by atoms with Crippen molar-refractivity contribution in [3.63, 3.8) is 0 Å². The minimum Gasteiger partial charge on any atom is -0.310 e. The van der Waals surface area contributed by atoms with Crippen LogP contribution < -0.4 is 5.56 Å². The minimum atomic E-state index is -0.369. The lowest BCUT2D eigenvalue weighted by Gasteiger charge is -2.14. The van der Waals surface area contributed by atoms with E-state index >= 15 is 0 Å². The minimum absolute atomic E-state index is 0.0159. The summed E-state index contributed by atoms with van der Waals surface area (Å²) in [5.41, 5.74) is 1.03. The molecule has 0 aliphatic rings. The standard InChI is InChI=1S/C14H13FN2O/c1-8(2)13-10-6-9(15)4-5-12(10)17(3)14(18)11(13)7-16/h4-6,8H,1-3H3. The van der Waals surface area contributed by atoms with Crippen LogP contribution >= 0.6 is 0 Å². The van der Waals surface area contributed by atoms with Crippen molar-refractivity contribution in [2.75, 3.05) is 0 Å². The Bertz CT molecular complexity index is 723. The Morgan fingerprint density at radius 1 is 1.39 bits per heavy atom. The summed E-state index contributed by atoms with van der Waals surface area (Å²) >= 11 is 0. The number of aromatic nitrogens is 1. The summed E-state index contributed by atoms with van der Waals surface area (Å²) in [5, 5.41) is 9.77. The molecule has 0 aliphatic carbocycles. The lowest BCUT2D eigenvalue weighted by atomic mass is 9.94. The van der Waals surface area contributed by atoms with Crippen molar-refractivity contribution in [3.8, 4) is 6.07 Å². The average molecular weight is 244 g/mol. The number of hydrogen-bond acceptors (Lipinski definition) is 2. The molecule has 0 saturated heterocycles. The Morgan fingerprint density at radius 2 is 2.06 bits per heavy atom. The van der Waals surface area contributed by atoms with E-state index in [9.17, 15) is 9.18 Å². The maximum Gasteiger partial charge on any atom is 0.268 e. The molecule has 2 aromatic rings. The molecule has 0 spiro atoms. The average Bonchev–Trinajstić information content (AvgIpc) is 2.32. The van der Waals surface area contributed by atoms with Crippen LogP contribution in [0.15, 0.2) is 23.0 Å². The van der Waals surface area contributed by atoms with Gasteiger partial charge in [0.05, 0.1) is 5.52 Å². The lowest BCUT2D eigenvalue weighted by molar-refractivity contribution is 0.629. The predicted octanol–water partition coefficient (Wildman–Crippen LogP) is 2.67. The molecule has 0 atom stereocenters. The van der Waals surface area contributed by atoms with Gasteiger partial charge in [-0.25, -0.2) is 4.39 Å². The molecular weight excluding hydrogens is 231 g/mol. The van der Waals surface area contributed by atoms with Crippen LogP contribution in [0.4, 0.5) is 4.39 Å². The molecule has 0 bridgehead atoms. The molecule has 0 amide bonds. The molecule has 0 aliphatic heterocycles. The van der Waals surface area contributed by atoms with Crippen LogP contribution in [0.5, 0.6) is 0 Å². The summed E-state index contributed by atoms with van der Waals surface area (Å²) in [6, 6.07) is 6.21. The SMILES string of the molecule is CC(C)c1c(C#N)c(=O)n(C)c2ccc(F)cc12. The molecule has 4 heteroatoms. The highest BCUT2D eigenvalue weighted by Gasteiger charge is 2.17. The molecule has 2 rings (SSSR count). The van der Waals surface area contributed by atoms with Crippen LogP contribution in [0.3, 0.4) is 0 Å². The first-order chi connectivity index (χ1) is 8.47. The number of nitrogens with zero attached hydrogens (tertiary/aromatic N) is 2. The van der Waals surface area contributed by atoms with Crippen molar-refractivity contribution in [2.45, 2.75) is 19.8 Å². The van der Waals surface area contributed by atoms with E-state index in [0.29, 0.717) is 16.5 Å². The van der Waals surface area contributed by atoms with Crippen LogP contribution in [-0.2, 0) is 7.05 Å². The Labute approximate surface area is 104 Å². The number of nitriles is 1. The van der Waals surface area contributed by atoms with Crippen LogP contribution in [0.1, 0.15) is 30.9 Å². The highest BCUT2D eigenvalue weighted by molar-refractivity contribution is 5.85. The van der Waals surface area contributed by atoms with Crippen molar-refractivity contribution < 1.29 is 4.39 Å². The van der Waals surface area contributed by atoms with Gasteiger partial charge in [0.25, 0.3) is 5.56 Å². The molecule has 0 saturated carbocycles. The van der Waals surface area contributed by atoms with Gasteiger partial charge in [-0.1, -0.05) is 13.8 Å². The number of halogens is 1. The van der Waals surface area contributed by atoms with Gasteiger partial charge < -0.3 is 4.57 Å². The van der Waals surface area contributed by atoms with Crippen molar-refractivity contribution in [3.05, 3.63) is 45.5 Å². The summed E-state index contributed by atoms with van der Waals surface area (Å²) in [4.78, 5) is 12.1. The van der Waals surface area contributed by atoms with Gasteiger partial charge in [-0.2, -0.15) is 5.26 Å². The third-order valence-corrected chi connectivity index (χ3v) is 3.09. The number of fused-ring (bicyclic) bond motifs is 1. The third kappa shape index (κ3) is 1.68. The molecule has 1 aromatic heterocycles. The normalized spacial score (nSPS) is 10.9. The fourth-order valence-corrected chi connectivity index (χ4v) is 2.25. The van der Waals surface area contributed by atoms with E-state index in [2.05, 4.69) is 0 Å². The van der Waals surface area contributed by atoms with Gasteiger partial charge in [0.2, 0.25) is 0 Å². The Kier molecular flexibility index (Phi) is 2.92. The van der Waals surface area contributed by atoms with Gasteiger partial charge in [0.1, 0.15) is 17.4 Å². The zero-order valence-electron chi connectivity index (χ0n) is 10.5. The monoisotopic (exact) mass is 244 g/mol. The lowest BCUT2D eigenvalue weighted by Crippen LogP contribution is -2.22. The summed E-state index contributed by atoms with van der Waals surface area (Å²) in [6.07, 6.45) is 0. The topological polar surface area (TPSA) is 45.8 Å². The highest BCUT2D eigenvalue weighted by Crippen LogP contribution is 2.27. The number of pyridine rings is 1. The maximum atomic E-state index is 13.4. The Hall–Kier alpha value is -2.15. The second kappa shape index (κ2) is 4.26. The maximum absolute atomic E-state index is 13.4. The van der Waals surface area contributed by atoms with Crippen molar-refractivity contribution >= 4 is 10.9 Å². The van der Waals surface area contributed by atoms with E-state index < -0.39 is 0 Å². The smallest absolute Gasteiger partial charge is 0.268 e. The number of benzene rings is 1.